The fourth-order valence-corrected chi connectivity index (χ4v) is 1.84. The third kappa shape index (κ3) is 6.02. The first-order valence-corrected chi connectivity index (χ1v) is 7.01. The number of allylic oxidation sites excluding steroid dienone is 1. The monoisotopic (exact) mass is 245 g/mol. The van der Waals surface area contributed by atoms with Gasteiger partial charge in [0.15, 0.2) is 0 Å². The van der Waals surface area contributed by atoms with Crippen LogP contribution in [0.5, 0.6) is 0 Å². The minimum atomic E-state index is 0.740. The molecule has 0 fully saturated rings. The molecule has 0 aliphatic carbocycles. The van der Waals surface area contributed by atoms with Crippen molar-refractivity contribution >= 4 is 0 Å². The molecule has 0 aromatic heterocycles. The molecule has 1 heteroatoms. The first kappa shape index (κ1) is 15.0. The number of aryl methyl sites for hydroxylation is 2. The van der Waals surface area contributed by atoms with E-state index < -0.39 is 0 Å². The van der Waals surface area contributed by atoms with Crippen LogP contribution in [0, 0.1) is 19.8 Å². The van der Waals surface area contributed by atoms with E-state index in [9.17, 15) is 0 Å². The molecule has 1 aromatic carbocycles. The highest BCUT2D eigenvalue weighted by atomic mass is 14.8. The van der Waals surface area contributed by atoms with Crippen LogP contribution in [0.25, 0.3) is 0 Å². The van der Waals surface area contributed by atoms with Crippen LogP contribution >= 0.6 is 0 Å². The van der Waals surface area contributed by atoms with Crippen molar-refractivity contribution in [2.75, 3.05) is 13.1 Å². The summed E-state index contributed by atoms with van der Waals surface area (Å²) in [5.41, 5.74) is 4.17. The standard InChI is InChI=1S/C17H27N/c1-14(2)13-18-11-7-5-6-8-17-10-9-15(3)16(4)12-17/h5-6,9-10,12,14,18H,7-8,11,13H2,1-4H3. The molecule has 0 radical (unpaired) electrons. The lowest BCUT2D eigenvalue weighted by molar-refractivity contribution is 0.556. The summed E-state index contributed by atoms with van der Waals surface area (Å²) in [6, 6.07) is 6.73. The molecule has 0 bridgehead atoms. The van der Waals surface area contributed by atoms with Crippen LogP contribution < -0.4 is 5.32 Å². The van der Waals surface area contributed by atoms with E-state index in [0.29, 0.717) is 0 Å². The molecule has 1 N–H and O–H groups in total. The minimum absolute atomic E-state index is 0.740. The fourth-order valence-electron chi connectivity index (χ4n) is 1.84. The summed E-state index contributed by atoms with van der Waals surface area (Å²) in [6.45, 7) is 11.0. The van der Waals surface area contributed by atoms with Crippen LogP contribution in [-0.4, -0.2) is 13.1 Å². The van der Waals surface area contributed by atoms with Gasteiger partial charge in [-0.15, -0.1) is 0 Å². The maximum atomic E-state index is 3.45. The highest BCUT2D eigenvalue weighted by molar-refractivity contribution is 5.30. The summed E-state index contributed by atoms with van der Waals surface area (Å²) in [4.78, 5) is 0. The van der Waals surface area contributed by atoms with Crippen LogP contribution in [0.3, 0.4) is 0 Å². The Morgan fingerprint density at radius 1 is 1.11 bits per heavy atom. The van der Waals surface area contributed by atoms with Gasteiger partial charge >= 0.3 is 0 Å². The summed E-state index contributed by atoms with van der Waals surface area (Å²) in [6.07, 6.45) is 6.73. The summed E-state index contributed by atoms with van der Waals surface area (Å²) in [5.74, 6) is 0.740. The average molecular weight is 245 g/mol. The largest absolute Gasteiger partial charge is 0.316 e. The molecule has 0 aliphatic rings. The molecule has 1 aromatic rings. The lowest BCUT2D eigenvalue weighted by Gasteiger charge is -2.05. The predicted molar refractivity (Wildman–Crippen MR) is 81.1 cm³/mol. The fraction of sp³-hybridized carbons (Fsp3) is 0.529. The summed E-state index contributed by atoms with van der Waals surface area (Å²) >= 11 is 0. The molecule has 0 aliphatic heterocycles. The zero-order valence-electron chi connectivity index (χ0n) is 12.3. The molecule has 0 saturated heterocycles. The van der Waals surface area contributed by atoms with Gasteiger partial charge in [-0.2, -0.15) is 0 Å². The molecule has 100 valence electrons. The van der Waals surface area contributed by atoms with Gasteiger partial charge in [0.05, 0.1) is 0 Å². The summed E-state index contributed by atoms with van der Waals surface area (Å²) in [5, 5.41) is 3.45. The highest BCUT2D eigenvalue weighted by Gasteiger charge is 1.94. The van der Waals surface area contributed by atoms with Crippen LogP contribution in [-0.2, 0) is 6.42 Å². The van der Waals surface area contributed by atoms with Crippen molar-refractivity contribution < 1.29 is 0 Å². The Balaban J connectivity index is 2.21. The summed E-state index contributed by atoms with van der Waals surface area (Å²) < 4.78 is 0. The Labute approximate surface area is 112 Å². The van der Waals surface area contributed by atoms with E-state index in [4.69, 9.17) is 0 Å². The summed E-state index contributed by atoms with van der Waals surface area (Å²) in [7, 11) is 0. The quantitative estimate of drug-likeness (QED) is 0.565. The number of benzene rings is 1. The van der Waals surface area contributed by atoms with E-state index >= 15 is 0 Å². The maximum absolute atomic E-state index is 3.45. The van der Waals surface area contributed by atoms with E-state index in [1.165, 1.54) is 16.7 Å². The van der Waals surface area contributed by atoms with E-state index in [-0.39, 0.29) is 0 Å². The van der Waals surface area contributed by atoms with E-state index in [1.807, 2.05) is 0 Å². The SMILES string of the molecule is Cc1ccc(CC=CCCNCC(C)C)cc1C. The van der Waals surface area contributed by atoms with Crippen molar-refractivity contribution in [2.24, 2.45) is 5.92 Å². The van der Waals surface area contributed by atoms with Crippen molar-refractivity contribution in [3.63, 3.8) is 0 Å². The lowest BCUT2D eigenvalue weighted by atomic mass is 10.0. The molecule has 0 saturated carbocycles. The van der Waals surface area contributed by atoms with Crippen molar-refractivity contribution in [3.8, 4) is 0 Å². The third-order valence-electron chi connectivity index (χ3n) is 3.13. The zero-order valence-corrected chi connectivity index (χ0v) is 12.3. The Morgan fingerprint density at radius 2 is 1.89 bits per heavy atom. The molecule has 0 spiro atoms. The number of nitrogens with one attached hydrogen (secondary N) is 1. The van der Waals surface area contributed by atoms with Gasteiger partial charge in [0.25, 0.3) is 0 Å². The topological polar surface area (TPSA) is 12.0 Å². The van der Waals surface area contributed by atoms with Gasteiger partial charge in [0.2, 0.25) is 0 Å². The molecular weight excluding hydrogens is 218 g/mol. The highest BCUT2D eigenvalue weighted by Crippen LogP contribution is 2.10. The second-order valence-electron chi connectivity index (χ2n) is 5.48. The molecule has 1 rings (SSSR count). The van der Waals surface area contributed by atoms with Gasteiger partial charge in [-0.1, -0.05) is 44.2 Å². The van der Waals surface area contributed by atoms with E-state index in [1.54, 1.807) is 0 Å². The van der Waals surface area contributed by atoms with Crippen molar-refractivity contribution in [2.45, 2.75) is 40.5 Å². The van der Waals surface area contributed by atoms with Crippen LogP contribution in [0.15, 0.2) is 30.4 Å². The van der Waals surface area contributed by atoms with Crippen molar-refractivity contribution in [1.29, 1.82) is 0 Å². The minimum Gasteiger partial charge on any atom is -0.316 e. The second kappa shape index (κ2) is 8.10. The first-order valence-electron chi connectivity index (χ1n) is 7.01. The van der Waals surface area contributed by atoms with Gasteiger partial charge in [-0.3, -0.25) is 0 Å². The maximum Gasteiger partial charge on any atom is -0.00142 e. The first-order chi connectivity index (χ1) is 8.59. The predicted octanol–water partition coefficient (Wildman–Crippen LogP) is 4.04. The number of rotatable bonds is 7. The number of hydrogen-bond donors (Lipinski definition) is 1. The molecule has 18 heavy (non-hydrogen) atoms. The molecule has 1 nitrogen and oxygen atoms in total. The van der Waals surface area contributed by atoms with Crippen LogP contribution in [0.4, 0.5) is 0 Å². The van der Waals surface area contributed by atoms with E-state index in [0.717, 1.165) is 31.8 Å². The zero-order chi connectivity index (χ0) is 13.4. The molecular formula is C17H27N. The molecule has 0 unspecified atom stereocenters. The Bertz CT molecular complexity index is 377. The van der Waals surface area contributed by atoms with Crippen molar-refractivity contribution in [3.05, 3.63) is 47.0 Å². The molecule has 0 amide bonds. The smallest absolute Gasteiger partial charge is 0.00142 e. The normalized spacial score (nSPS) is 11.6. The Hall–Kier alpha value is -1.08. The second-order valence-corrected chi connectivity index (χ2v) is 5.48. The van der Waals surface area contributed by atoms with Gasteiger partial charge in [0, 0.05) is 0 Å². The van der Waals surface area contributed by atoms with E-state index in [2.05, 4.69) is 63.4 Å². The Morgan fingerprint density at radius 3 is 2.56 bits per heavy atom. The third-order valence-corrected chi connectivity index (χ3v) is 3.13. The Kier molecular flexibility index (Phi) is 6.74. The lowest BCUT2D eigenvalue weighted by Crippen LogP contribution is -2.20. The van der Waals surface area contributed by atoms with Crippen LogP contribution in [0.2, 0.25) is 0 Å². The van der Waals surface area contributed by atoms with Gasteiger partial charge in [0.1, 0.15) is 0 Å². The average Bonchev–Trinajstić information content (AvgIpc) is 2.32. The number of hydrogen-bond acceptors (Lipinski definition) is 1. The van der Waals surface area contributed by atoms with Crippen molar-refractivity contribution in [1.82, 2.24) is 5.32 Å². The van der Waals surface area contributed by atoms with Gasteiger partial charge in [-0.05, 0) is 62.4 Å². The van der Waals surface area contributed by atoms with Crippen LogP contribution in [0.1, 0.15) is 37.0 Å². The van der Waals surface area contributed by atoms with Gasteiger partial charge in [-0.25, -0.2) is 0 Å². The molecule has 0 heterocycles. The molecule has 0 atom stereocenters. The van der Waals surface area contributed by atoms with Gasteiger partial charge < -0.3 is 5.32 Å².